The molecule has 0 amide bonds. The van der Waals surface area contributed by atoms with Crippen LogP contribution in [0, 0.1) is 25.2 Å². The smallest absolute Gasteiger partial charge is 0.149 e. The first-order chi connectivity index (χ1) is 12.7. The number of nitrogens with zero attached hydrogens (tertiary/aromatic N) is 4. The van der Waals surface area contributed by atoms with Crippen molar-refractivity contribution in [3.63, 3.8) is 0 Å². The molecule has 0 bridgehead atoms. The van der Waals surface area contributed by atoms with Gasteiger partial charge in [0.15, 0.2) is 0 Å². The molecule has 0 unspecified atom stereocenters. The molecule has 4 aromatic rings. The Morgan fingerprint density at radius 2 is 1.81 bits per heavy atom. The van der Waals surface area contributed by atoms with Gasteiger partial charge in [-0.3, -0.25) is 0 Å². The summed E-state index contributed by atoms with van der Waals surface area (Å²) in [6.07, 6.45) is 1.86. The van der Waals surface area contributed by atoms with Crippen LogP contribution in [0.25, 0.3) is 28.4 Å². The van der Waals surface area contributed by atoms with Gasteiger partial charge in [-0.1, -0.05) is 30.3 Å². The number of nitrogens with one attached hydrogen (secondary N) is 1. The number of benzene rings is 2. The zero-order chi connectivity index (χ0) is 18.1. The highest BCUT2D eigenvalue weighted by Gasteiger charge is 2.14. The van der Waals surface area contributed by atoms with Crippen LogP contribution >= 0.6 is 0 Å². The topological polar surface area (TPSA) is 70.3 Å². The Balaban J connectivity index is 1.82. The van der Waals surface area contributed by atoms with E-state index in [-0.39, 0.29) is 0 Å². The van der Waals surface area contributed by atoms with E-state index in [4.69, 9.17) is 0 Å². The van der Waals surface area contributed by atoms with Crippen LogP contribution in [0.4, 0.5) is 0 Å². The zero-order valence-corrected chi connectivity index (χ0v) is 14.6. The standard InChI is InChI=1S/C21H17N5/c1-14-18(15(2)26(25-14)17-8-4-3-5-9-17)12-16(13-22)21-23-19-10-6-7-11-20(19)24-21/h3-12H,1-2H3,(H,23,24)/b16-12+. The van der Waals surface area contributed by atoms with Gasteiger partial charge in [0, 0.05) is 11.3 Å². The normalized spacial score (nSPS) is 11.7. The van der Waals surface area contributed by atoms with E-state index in [1.54, 1.807) is 0 Å². The van der Waals surface area contributed by atoms with Gasteiger partial charge in [-0.2, -0.15) is 10.4 Å². The molecule has 0 aliphatic rings. The van der Waals surface area contributed by atoms with Crippen LogP contribution < -0.4 is 0 Å². The molecule has 0 radical (unpaired) electrons. The van der Waals surface area contributed by atoms with Crippen LogP contribution in [-0.4, -0.2) is 19.7 Å². The molecule has 0 atom stereocenters. The van der Waals surface area contributed by atoms with Gasteiger partial charge in [-0.05, 0) is 44.2 Å². The summed E-state index contributed by atoms with van der Waals surface area (Å²) in [5.41, 5.74) is 6.03. The van der Waals surface area contributed by atoms with E-state index in [9.17, 15) is 5.26 Å². The minimum absolute atomic E-state index is 0.486. The van der Waals surface area contributed by atoms with Gasteiger partial charge in [0.1, 0.15) is 11.9 Å². The molecule has 2 aromatic carbocycles. The van der Waals surface area contributed by atoms with Gasteiger partial charge in [0.05, 0.1) is 28.0 Å². The lowest BCUT2D eigenvalue weighted by Gasteiger charge is -2.03. The fourth-order valence-corrected chi connectivity index (χ4v) is 3.06. The lowest BCUT2D eigenvalue weighted by atomic mass is 10.1. The molecular formula is C21H17N5. The first kappa shape index (κ1) is 15.9. The Hall–Kier alpha value is -3.65. The van der Waals surface area contributed by atoms with Crippen LogP contribution in [0.2, 0.25) is 0 Å². The second kappa shape index (κ2) is 6.34. The fourth-order valence-electron chi connectivity index (χ4n) is 3.06. The molecule has 1 N–H and O–H groups in total. The van der Waals surface area contributed by atoms with E-state index in [1.165, 1.54) is 0 Å². The summed E-state index contributed by atoms with van der Waals surface area (Å²) in [5.74, 6) is 0.569. The summed E-state index contributed by atoms with van der Waals surface area (Å²) in [4.78, 5) is 7.75. The highest BCUT2D eigenvalue weighted by Crippen LogP contribution is 2.24. The molecular weight excluding hydrogens is 322 g/mol. The number of fused-ring (bicyclic) bond motifs is 1. The number of aromatic nitrogens is 4. The number of imidazole rings is 1. The lowest BCUT2D eigenvalue weighted by Crippen LogP contribution is -1.98. The lowest BCUT2D eigenvalue weighted by molar-refractivity contribution is 0.833. The summed E-state index contributed by atoms with van der Waals surface area (Å²) in [6.45, 7) is 3.96. The number of rotatable bonds is 3. The highest BCUT2D eigenvalue weighted by molar-refractivity contribution is 5.91. The zero-order valence-electron chi connectivity index (χ0n) is 14.6. The molecule has 4 rings (SSSR count). The molecule has 126 valence electrons. The molecule has 0 spiro atoms. The maximum absolute atomic E-state index is 9.67. The molecule has 2 heterocycles. The van der Waals surface area contributed by atoms with Crippen molar-refractivity contribution in [1.29, 1.82) is 5.26 Å². The average molecular weight is 339 g/mol. The van der Waals surface area contributed by atoms with Crippen LogP contribution in [-0.2, 0) is 0 Å². The molecule has 0 aliphatic carbocycles. The summed E-state index contributed by atoms with van der Waals surface area (Å²) in [5, 5.41) is 14.3. The second-order valence-electron chi connectivity index (χ2n) is 6.10. The Kier molecular flexibility index (Phi) is 3.86. The molecule has 0 aliphatic heterocycles. The number of nitriles is 1. The minimum Gasteiger partial charge on any atom is -0.337 e. The first-order valence-corrected chi connectivity index (χ1v) is 8.36. The van der Waals surface area contributed by atoms with Crippen molar-refractivity contribution in [3.8, 4) is 11.8 Å². The number of aromatic amines is 1. The van der Waals surface area contributed by atoms with Crippen molar-refractivity contribution in [2.75, 3.05) is 0 Å². The molecule has 2 aromatic heterocycles. The first-order valence-electron chi connectivity index (χ1n) is 8.36. The van der Waals surface area contributed by atoms with Crippen molar-refractivity contribution in [2.24, 2.45) is 0 Å². The van der Waals surface area contributed by atoms with E-state index in [2.05, 4.69) is 21.1 Å². The highest BCUT2D eigenvalue weighted by atomic mass is 15.3. The minimum atomic E-state index is 0.486. The van der Waals surface area contributed by atoms with Gasteiger partial charge in [-0.25, -0.2) is 9.67 Å². The molecule has 0 saturated heterocycles. The van der Waals surface area contributed by atoms with E-state index in [1.807, 2.05) is 79.2 Å². The summed E-state index contributed by atoms with van der Waals surface area (Å²) >= 11 is 0. The van der Waals surface area contributed by atoms with Gasteiger partial charge >= 0.3 is 0 Å². The van der Waals surface area contributed by atoms with Crippen molar-refractivity contribution >= 4 is 22.7 Å². The maximum Gasteiger partial charge on any atom is 0.149 e. The molecule has 5 heteroatoms. The number of allylic oxidation sites excluding steroid dienone is 1. The second-order valence-corrected chi connectivity index (χ2v) is 6.10. The van der Waals surface area contributed by atoms with Crippen molar-refractivity contribution in [3.05, 3.63) is 77.4 Å². The van der Waals surface area contributed by atoms with E-state index < -0.39 is 0 Å². The third kappa shape index (κ3) is 2.68. The number of H-pyrrole nitrogens is 1. The Bertz CT molecular complexity index is 1120. The third-order valence-corrected chi connectivity index (χ3v) is 4.40. The van der Waals surface area contributed by atoms with Gasteiger partial charge < -0.3 is 4.98 Å². The average Bonchev–Trinajstić information content (AvgIpc) is 3.22. The number of aryl methyl sites for hydroxylation is 1. The maximum atomic E-state index is 9.67. The van der Waals surface area contributed by atoms with E-state index >= 15 is 0 Å². The number of hydrogen-bond donors (Lipinski definition) is 1. The third-order valence-electron chi connectivity index (χ3n) is 4.40. The Morgan fingerprint density at radius 1 is 1.08 bits per heavy atom. The van der Waals surface area contributed by atoms with Crippen molar-refractivity contribution < 1.29 is 0 Å². The molecule has 0 fully saturated rings. The van der Waals surface area contributed by atoms with Gasteiger partial charge in [-0.15, -0.1) is 0 Å². The van der Waals surface area contributed by atoms with Crippen molar-refractivity contribution in [2.45, 2.75) is 13.8 Å². The summed E-state index contributed by atoms with van der Waals surface area (Å²) < 4.78 is 1.90. The SMILES string of the molecule is Cc1nn(-c2ccccc2)c(C)c1/C=C(\C#N)c1nc2ccccc2[nH]1. The van der Waals surface area contributed by atoms with Crippen molar-refractivity contribution in [1.82, 2.24) is 19.7 Å². The predicted molar refractivity (Wildman–Crippen MR) is 103 cm³/mol. The Labute approximate surface area is 151 Å². The quantitative estimate of drug-likeness (QED) is 0.561. The monoisotopic (exact) mass is 339 g/mol. The number of hydrogen-bond acceptors (Lipinski definition) is 3. The fraction of sp³-hybridized carbons (Fsp3) is 0.0952. The van der Waals surface area contributed by atoms with E-state index in [0.29, 0.717) is 11.4 Å². The molecule has 26 heavy (non-hydrogen) atoms. The summed E-state index contributed by atoms with van der Waals surface area (Å²) in [7, 11) is 0. The van der Waals surface area contributed by atoms with Gasteiger partial charge in [0.2, 0.25) is 0 Å². The summed E-state index contributed by atoms with van der Waals surface area (Å²) in [6, 6.07) is 20.0. The van der Waals surface area contributed by atoms with Gasteiger partial charge in [0.25, 0.3) is 0 Å². The van der Waals surface area contributed by atoms with Crippen LogP contribution in [0.5, 0.6) is 0 Å². The predicted octanol–water partition coefficient (Wildman–Crippen LogP) is 4.43. The Morgan fingerprint density at radius 3 is 2.54 bits per heavy atom. The van der Waals surface area contributed by atoms with Crippen LogP contribution in [0.3, 0.4) is 0 Å². The van der Waals surface area contributed by atoms with Crippen LogP contribution in [0.1, 0.15) is 22.8 Å². The molecule has 5 nitrogen and oxygen atoms in total. The molecule has 0 saturated carbocycles. The van der Waals surface area contributed by atoms with Crippen LogP contribution in [0.15, 0.2) is 54.6 Å². The van der Waals surface area contributed by atoms with E-state index in [0.717, 1.165) is 33.7 Å². The largest absolute Gasteiger partial charge is 0.337 e. The number of para-hydroxylation sites is 3.